The number of hydrogen-bond acceptors (Lipinski definition) is 5. The molecule has 0 spiro atoms. The van der Waals surface area contributed by atoms with E-state index in [-0.39, 0.29) is 18.3 Å². The lowest BCUT2D eigenvalue weighted by atomic mass is 10.1. The summed E-state index contributed by atoms with van der Waals surface area (Å²) >= 11 is 0. The first kappa shape index (κ1) is 19.7. The van der Waals surface area contributed by atoms with Gasteiger partial charge in [0.15, 0.2) is 0 Å². The Bertz CT molecular complexity index is 174. The van der Waals surface area contributed by atoms with Gasteiger partial charge in [-0.05, 0) is 54.1 Å². The van der Waals surface area contributed by atoms with Gasteiger partial charge in [0, 0.05) is 6.61 Å². The van der Waals surface area contributed by atoms with Crippen molar-refractivity contribution < 1.29 is 19.4 Å². The van der Waals surface area contributed by atoms with Crippen molar-refractivity contribution in [2.24, 2.45) is 0 Å². The third-order valence-corrected chi connectivity index (χ3v) is 1.88. The minimum Gasteiger partial charge on any atom is -0.462 e. The lowest BCUT2D eigenvalue weighted by Crippen LogP contribution is -2.22. The normalized spacial score (nSPS) is 18.7. The van der Waals surface area contributed by atoms with Crippen molar-refractivity contribution in [2.45, 2.75) is 51.7 Å². The van der Waals surface area contributed by atoms with Crippen LogP contribution in [0.1, 0.15) is 40.0 Å². The highest BCUT2D eigenvalue weighted by Crippen LogP contribution is 2.10. The van der Waals surface area contributed by atoms with Crippen molar-refractivity contribution in [3.8, 4) is 0 Å². The highest BCUT2D eigenvalue weighted by Gasteiger charge is 2.10. The zero-order valence-corrected chi connectivity index (χ0v) is 12.4. The van der Waals surface area contributed by atoms with E-state index >= 15 is 0 Å². The Kier molecular flexibility index (Phi) is 14.0. The van der Waals surface area contributed by atoms with Crippen LogP contribution in [0, 0.1) is 0 Å². The fourth-order valence-corrected chi connectivity index (χ4v) is 1.10. The molecule has 0 aromatic heterocycles. The summed E-state index contributed by atoms with van der Waals surface area (Å²) < 4.78 is 9.73. The number of rotatable bonds is 2. The first-order valence-electron chi connectivity index (χ1n) is 6.33. The number of ether oxygens (including phenoxy) is 2. The van der Waals surface area contributed by atoms with Crippen molar-refractivity contribution >= 4 is 6.47 Å². The average Bonchev–Trinajstić information content (AvgIpc) is 2.30. The first-order chi connectivity index (χ1) is 8.41. The van der Waals surface area contributed by atoms with Crippen LogP contribution in [0.15, 0.2) is 0 Å². The average molecular weight is 263 g/mol. The van der Waals surface area contributed by atoms with Crippen molar-refractivity contribution in [1.82, 2.24) is 5.32 Å². The molecule has 110 valence electrons. The quantitative estimate of drug-likeness (QED) is 0.736. The smallest absolute Gasteiger partial charge is 0.293 e. The summed E-state index contributed by atoms with van der Waals surface area (Å²) in [6, 6.07) is 0. The molecule has 18 heavy (non-hydrogen) atoms. The van der Waals surface area contributed by atoms with E-state index in [1.54, 1.807) is 0 Å². The third-order valence-electron chi connectivity index (χ3n) is 1.88. The second-order valence-corrected chi connectivity index (χ2v) is 5.00. The highest BCUT2D eigenvalue weighted by atomic mass is 16.5. The number of aliphatic hydroxyl groups is 1. The molecule has 1 atom stereocenters. The second-order valence-electron chi connectivity index (χ2n) is 5.00. The minimum absolute atomic E-state index is 0.142. The molecule has 1 aliphatic heterocycles. The molecular formula is C13H29NO4. The molecule has 1 rings (SSSR count). The molecule has 0 bridgehead atoms. The van der Waals surface area contributed by atoms with Crippen LogP contribution in [0.25, 0.3) is 0 Å². The second kappa shape index (κ2) is 12.8. The number of carbonyl (C=O) groups is 1. The molecule has 2 N–H and O–H groups in total. The van der Waals surface area contributed by atoms with Crippen LogP contribution in [0.2, 0.25) is 0 Å². The van der Waals surface area contributed by atoms with Gasteiger partial charge in [-0.2, -0.15) is 0 Å². The highest BCUT2D eigenvalue weighted by molar-refractivity contribution is 5.37. The summed E-state index contributed by atoms with van der Waals surface area (Å²) in [6.07, 6.45) is 3.56. The van der Waals surface area contributed by atoms with Gasteiger partial charge in [-0.25, -0.2) is 0 Å². The molecule has 0 aromatic rings. The Labute approximate surface area is 111 Å². The van der Waals surface area contributed by atoms with E-state index in [0.717, 1.165) is 19.4 Å². The van der Waals surface area contributed by atoms with Crippen LogP contribution < -0.4 is 5.32 Å². The van der Waals surface area contributed by atoms with Gasteiger partial charge in [0.25, 0.3) is 6.47 Å². The zero-order chi connectivity index (χ0) is 14.4. The van der Waals surface area contributed by atoms with Crippen LogP contribution in [0.4, 0.5) is 0 Å². The monoisotopic (exact) mass is 263 g/mol. The molecular weight excluding hydrogens is 234 g/mol. The molecule has 1 heterocycles. The number of hydrogen-bond donors (Lipinski definition) is 2. The van der Waals surface area contributed by atoms with E-state index in [2.05, 4.69) is 10.1 Å². The van der Waals surface area contributed by atoms with E-state index in [1.165, 1.54) is 6.42 Å². The van der Waals surface area contributed by atoms with Gasteiger partial charge in [-0.3, -0.25) is 4.79 Å². The molecule has 1 unspecified atom stereocenters. The molecule has 5 heteroatoms. The summed E-state index contributed by atoms with van der Waals surface area (Å²) in [5, 5.41) is 11.3. The summed E-state index contributed by atoms with van der Waals surface area (Å²) in [6.45, 7) is 6.95. The van der Waals surface area contributed by atoms with Crippen molar-refractivity contribution in [3.05, 3.63) is 0 Å². The molecule has 5 nitrogen and oxygen atoms in total. The van der Waals surface area contributed by atoms with Gasteiger partial charge in [0.1, 0.15) is 5.60 Å². The van der Waals surface area contributed by atoms with Crippen LogP contribution in [-0.2, 0) is 14.3 Å². The van der Waals surface area contributed by atoms with Gasteiger partial charge in [0.05, 0.1) is 12.7 Å². The van der Waals surface area contributed by atoms with E-state index in [1.807, 2.05) is 34.9 Å². The van der Waals surface area contributed by atoms with Crippen LogP contribution in [-0.4, -0.2) is 50.6 Å². The topological polar surface area (TPSA) is 67.8 Å². The Morgan fingerprint density at radius 3 is 2.11 bits per heavy atom. The fourth-order valence-electron chi connectivity index (χ4n) is 1.10. The van der Waals surface area contributed by atoms with Crippen LogP contribution >= 0.6 is 0 Å². The fraction of sp³-hybridized carbons (Fsp3) is 0.923. The van der Waals surface area contributed by atoms with E-state index in [0.29, 0.717) is 6.47 Å². The molecule has 0 amide bonds. The van der Waals surface area contributed by atoms with Crippen molar-refractivity contribution in [2.75, 3.05) is 27.3 Å². The Morgan fingerprint density at radius 1 is 1.39 bits per heavy atom. The summed E-state index contributed by atoms with van der Waals surface area (Å²) in [5.74, 6) is 0. The standard InChI is InChI=1S/C6H12O2.C5H10O2.C2H7N/c7-5-6-3-1-2-4-8-6;1-5(2,3)7-4-6;1-3-2/h6-7H,1-5H2;4H,1-3H3;3H,1-2H3. The van der Waals surface area contributed by atoms with Gasteiger partial charge in [0.2, 0.25) is 0 Å². The minimum atomic E-state index is -0.318. The first-order valence-corrected chi connectivity index (χ1v) is 6.33. The third kappa shape index (κ3) is 17.7. The van der Waals surface area contributed by atoms with E-state index in [4.69, 9.17) is 9.84 Å². The number of carbonyl (C=O) groups excluding carboxylic acids is 1. The van der Waals surface area contributed by atoms with Gasteiger partial charge in [-0.1, -0.05) is 0 Å². The molecule has 0 aromatic carbocycles. The Balaban J connectivity index is 0. The van der Waals surface area contributed by atoms with Gasteiger partial charge >= 0.3 is 0 Å². The lowest BCUT2D eigenvalue weighted by molar-refractivity contribution is -0.138. The van der Waals surface area contributed by atoms with Crippen LogP contribution in [0.5, 0.6) is 0 Å². The maximum atomic E-state index is 9.60. The molecule has 0 aliphatic carbocycles. The van der Waals surface area contributed by atoms with Crippen molar-refractivity contribution in [3.63, 3.8) is 0 Å². The van der Waals surface area contributed by atoms with Crippen molar-refractivity contribution in [1.29, 1.82) is 0 Å². The summed E-state index contributed by atoms with van der Waals surface area (Å²) in [7, 11) is 3.75. The Hall–Kier alpha value is -0.650. The zero-order valence-electron chi connectivity index (χ0n) is 12.4. The van der Waals surface area contributed by atoms with E-state index < -0.39 is 0 Å². The molecule has 1 saturated heterocycles. The predicted molar refractivity (Wildman–Crippen MR) is 72.6 cm³/mol. The molecule has 0 saturated carbocycles. The van der Waals surface area contributed by atoms with E-state index in [9.17, 15) is 4.79 Å². The van der Waals surface area contributed by atoms with Gasteiger partial charge < -0.3 is 19.9 Å². The largest absolute Gasteiger partial charge is 0.462 e. The molecule has 1 aliphatic rings. The van der Waals surface area contributed by atoms with Gasteiger partial charge in [-0.15, -0.1) is 0 Å². The predicted octanol–water partition coefficient (Wildman–Crippen LogP) is 1.34. The molecule has 0 radical (unpaired) electrons. The molecule has 1 fully saturated rings. The van der Waals surface area contributed by atoms with Crippen LogP contribution in [0.3, 0.4) is 0 Å². The number of nitrogens with one attached hydrogen (secondary N) is 1. The Morgan fingerprint density at radius 2 is 1.94 bits per heavy atom. The SMILES string of the molecule is CC(C)(C)OC=O.CNC.OCC1CCCCO1. The summed E-state index contributed by atoms with van der Waals surface area (Å²) in [4.78, 5) is 9.60. The maximum absolute atomic E-state index is 9.60. The maximum Gasteiger partial charge on any atom is 0.293 e. The lowest BCUT2D eigenvalue weighted by Gasteiger charge is -2.19. The number of aliphatic hydroxyl groups excluding tert-OH is 1. The summed E-state index contributed by atoms with van der Waals surface area (Å²) in [5.41, 5.74) is -0.318.